The number of nitrogens with zero attached hydrogens (tertiary/aromatic N) is 5. The topological polar surface area (TPSA) is 68.5 Å². The highest BCUT2D eigenvalue weighted by atomic mass is 15.3. The van der Waals surface area contributed by atoms with Gasteiger partial charge in [0.25, 0.3) is 0 Å². The molecule has 1 saturated carbocycles. The van der Waals surface area contributed by atoms with Gasteiger partial charge in [-0.2, -0.15) is 5.10 Å². The van der Waals surface area contributed by atoms with Crippen LogP contribution in [0.1, 0.15) is 37.3 Å². The Morgan fingerprint density at radius 2 is 2.16 bits per heavy atom. The summed E-state index contributed by atoms with van der Waals surface area (Å²) in [7, 11) is 1.93. The van der Waals surface area contributed by atoms with E-state index in [1.54, 1.807) is 12.7 Å². The maximum absolute atomic E-state index is 4.36. The van der Waals surface area contributed by atoms with Crippen LogP contribution >= 0.6 is 0 Å². The summed E-state index contributed by atoms with van der Waals surface area (Å²) in [6, 6.07) is 2.19. The van der Waals surface area contributed by atoms with Crippen molar-refractivity contribution in [1.82, 2.24) is 24.7 Å². The summed E-state index contributed by atoms with van der Waals surface area (Å²) in [5, 5.41) is 7.64. The molecule has 6 heteroatoms. The number of hydrogen-bond donors (Lipinski definition) is 1. The van der Waals surface area contributed by atoms with Crippen LogP contribution in [0.4, 0.5) is 5.82 Å². The van der Waals surface area contributed by atoms with E-state index in [2.05, 4.69) is 32.3 Å². The first-order valence-electron chi connectivity index (χ1n) is 6.69. The van der Waals surface area contributed by atoms with E-state index in [4.69, 9.17) is 0 Å². The van der Waals surface area contributed by atoms with E-state index >= 15 is 0 Å². The number of anilines is 1. The van der Waals surface area contributed by atoms with Crippen molar-refractivity contribution >= 4 is 5.82 Å². The van der Waals surface area contributed by atoms with Gasteiger partial charge in [0, 0.05) is 18.8 Å². The predicted molar refractivity (Wildman–Crippen MR) is 71.5 cm³/mol. The molecule has 2 heterocycles. The van der Waals surface area contributed by atoms with Gasteiger partial charge in [-0.05, 0) is 25.2 Å². The second kappa shape index (κ2) is 4.95. The molecule has 1 N–H and O–H groups in total. The summed E-state index contributed by atoms with van der Waals surface area (Å²) in [6.07, 6.45) is 6.59. The largest absolute Gasteiger partial charge is 0.360 e. The van der Waals surface area contributed by atoms with Crippen molar-refractivity contribution in [3.8, 4) is 0 Å². The van der Waals surface area contributed by atoms with Gasteiger partial charge in [0.05, 0.1) is 6.04 Å². The quantitative estimate of drug-likeness (QED) is 0.884. The first-order chi connectivity index (χ1) is 9.28. The molecule has 0 spiro atoms. The summed E-state index contributed by atoms with van der Waals surface area (Å²) < 4.78 is 1.83. The molecule has 100 valence electrons. The lowest BCUT2D eigenvalue weighted by Gasteiger charge is -2.18. The second-order valence-corrected chi connectivity index (χ2v) is 4.95. The van der Waals surface area contributed by atoms with E-state index in [-0.39, 0.29) is 6.04 Å². The number of nitrogens with one attached hydrogen (secondary N) is 1. The highest BCUT2D eigenvalue weighted by Gasteiger charge is 2.35. The minimum atomic E-state index is 0.187. The maximum Gasteiger partial charge on any atom is 0.149 e. The van der Waals surface area contributed by atoms with Crippen LogP contribution in [0, 0.1) is 5.92 Å². The fourth-order valence-corrected chi connectivity index (χ4v) is 2.24. The zero-order valence-corrected chi connectivity index (χ0v) is 11.2. The van der Waals surface area contributed by atoms with Crippen molar-refractivity contribution in [2.45, 2.75) is 32.2 Å². The average molecular weight is 258 g/mol. The number of aromatic nitrogens is 5. The van der Waals surface area contributed by atoms with Gasteiger partial charge in [0.2, 0.25) is 0 Å². The smallest absolute Gasteiger partial charge is 0.149 e. The maximum atomic E-state index is 4.36. The van der Waals surface area contributed by atoms with E-state index in [9.17, 15) is 0 Å². The molecular weight excluding hydrogens is 240 g/mol. The molecule has 3 rings (SSSR count). The number of rotatable bonds is 5. The van der Waals surface area contributed by atoms with Gasteiger partial charge in [0.1, 0.15) is 24.3 Å². The van der Waals surface area contributed by atoms with Crippen molar-refractivity contribution in [3.05, 3.63) is 30.2 Å². The van der Waals surface area contributed by atoms with Gasteiger partial charge in [0.15, 0.2) is 0 Å². The molecule has 0 bridgehead atoms. The van der Waals surface area contributed by atoms with E-state index < -0.39 is 0 Å². The molecule has 6 nitrogen and oxygen atoms in total. The second-order valence-electron chi connectivity index (χ2n) is 4.95. The van der Waals surface area contributed by atoms with Crippen LogP contribution in [0.25, 0.3) is 0 Å². The molecule has 0 amide bonds. The summed E-state index contributed by atoms with van der Waals surface area (Å²) in [5.41, 5.74) is 1.05. The van der Waals surface area contributed by atoms with E-state index in [1.807, 2.05) is 17.8 Å². The molecule has 0 aliphatic heterocycles. The fourth-order valence-electron chi connectivity index (χ4n) is 2.24. The van der Waals surface area contributed by atoms with Crippen molar-refractivity contribution in [2.75, 3.05) is 5.32 Å². The molecule has 1 fully saturated rings. The van der Waals surface area contributed by atoms with Crippen molar-refractivity contribution in [1.29, 1.82) is 0 Å². The first kappa shape index (κ1) is 12.1. The van der Waals surface area contributed by atoms with E-state index in [0.29, 0.717) is 5.92 Å². The number of hydrogen-bond acceptors (Lipinski definition) is 5. The fraction of sp³-hybridized carbons (Fsp3) is 0.538. The Balaban J connectivity index is 1.84. The zero-order chi connectivity index (χ0) is 13.2. The molecule has 0 radical (unpaired) electrons. The molecule has 0 saturated heterocycles. The Hall–Kier alpha value is -1.98. The molecule has 1 aliphatic carbocycles. The van der Waals surface area contributed by atoms with Crippen molar-refractivity contribution in [3.63, 3.8) is 0 Å². The summed E-state index contributed by atoms with van der Waals surface area (Å²) >= 11 is 0. The summed E-state index contributed by atoms with van der Waals surface area (Å²) in [4.78, 5) is 12.9. The van der Waals surface area contributed by atoms with Crippen LogP contribution in [0.2, 0.25) is 0 Å². The summed E-state index contributed by atoms with van der Waals surface area (Å²) in [5.74, 6) is 2.47. The predicted octanol–water partition coefficient (Wildman–Crippen LogP) is 1.73. The van der Waals surface area contributed by atoms with Crippen LogP contribution in [-0.4, -0.2) is 24.7 Å². The van der Waals surface area contributed by atoms with E-state index in [1.165, 1.54) is 12.8 Å². The highest BCUT2D eigenvalue weighted by Crippen LogP contribution is 2.41. The highest BCUT2D eigenvalue weighted by molar-refractivity contribution is 5.37. The summed E-state index contributed by atoms with van der Waals surface area (Å²) in [6.45, 7) is 2.09. The molecule has 0 aromatic carbocycles. The molecule has 2 aromatic rings. The van der Waals surface area contributed by atoms with Gasteiger partial charge in [-0.15, -0.1) is 0 Å². The minimum absolute atomic E-state index is 0.187. The van der Waals surface area contributed by atoms with Gasteiger partial charge < -0.3 is 5.32 Å². The average Bonchev–Trinajstić information content (AvgIpc) is 3.19. The van der Waals surface area contributed by atoms with Gasteiger partial charge in [-0.3, -0.25) is 4.68 Å². The number of aryl methyl sites for hydroxylation is 2. The van der Waals surface area contributed by atoms with Crippen LogP contribution in [-0.2, 0) is 13.5 Å². The molecule has 1 unspecified atom stereocenters. The normalized spacial score (nSPS) is 16.3. The Morgan fingerprint density at radius 3 is 2.79 bits per heavy atom. The van der Waals surface area contributed by atoms with Crippen LogP contribution in [0.15, 0.2) is 18.7 Å². The Labute approximate surface area is 112 Å². The Bertz CT molecular complexity index is 560. The molecule has 1 atom stereocenters. The third kappa shape index (κ3) is 2.57. The first-order valence-corrected chi connectivity index (χ1v) is 6.69. The Kier molecular flexibility index (Phi) is 3.15. The lowest BCUT2D eigenvalue weighted by molar-refractivity contribution is 0.580. The third-order valence-electron chi connectivity index (χ3n) is 3.51. The molecule has 2 aromatic heterocycles. The lowest BCUT2D eigenvalue weighted by Crippen LogP contribution is -2.18. The van der Waals surface area contributed by atoms with Crippen LogP contribution in [0.3, 0.4) is 0 Å². The van der Waals surface area contributed by atoms with Crippen molar-refractivity contribution in [2.24, 2.45) is 13.0 Å². The SMILES string of the molecule is CCc1cc(NC(c2ncnn2C)C2CC2)ncn1. The van der Waals surface area contributed by atoms with Gasteiger partial charge in [-0.25, -0.2) is 15.0 Å². The monoisotopic (exact) mass is 258 g/mol. The molecule has 19 heavy (non-hydrogen) atoms. The zero-order valence-electron chi connectivity index (χ0n) is 11.2. The lowest BCUT2D eigenvalue weighted by atomic mass is 10.1. The molecular formula is C13H18N6. The van der Waals surface area contributed by atoms with Gasteiger partial charge >= 0.3 is 0 Å². The standard InChI is InChI=1S/C13H18N6/c1-3-10-6-11(15-7-14-10)18-12(9-4-5-9)13-16-8-17-19(13)2/h6-9,12H,3-5H2,1-2H3,(H,14,15,18). The Morgan fingerprint density at radius 1 is 1.32 bits per heavy atom. The molecule has 1 aliphatic rings. The van der Waals surface area contributed by atoms with Crippen LogP contribution in [0.5, 0.6) is 0 Å². The van der Waals surface area contributed by atoms with Gasteiger partial charge in [-0.1, -0.05) is 6.92 Å². The van der Waals surface area contributed by atoms with Crippen molar-refractivity contribution < 1.29 is 0 Å². The van der Waals surface area contributed by atoms with E-state index in [0.717, 1.165) is 23.8 Å². The minimum Gasteiger partial charge on any atom is -0.360 e. The van der Waals surface area contributed by atoms with Crippen LogP contribution < -0.4 is 5.32 Å². The third-order valence-corrected chi connectivity index (χ3v) is 3.51.